The number of fused-ring (bicyclic) bond motifs is 1. The van der Waals surface area contributed by atoms with Crippen LogP contribution in [0.3, 0.4) is 0 Å². The van der Waals surface area contributed by atoms with Crippen molar-refractivity contribution in [1.29, 1.82) is 0 Å². The fraction of sp³-hybridized carbons (Fsp3) is 0.0952. The maximum Gasteiger partial charge on any atom is 0.270 e. The Kier molecular flexibility index (Phi) is 5.21. The van der Waals surface area contributed by atoms with Crippen molar-refractivity contribution in [3.05, 3.63) is 92.1 Å². The zero-order valence-electron chi connectivity index (χ0n) is 15.4. The molecule has 0 saturated heterocycles. The van der Waals surface area contributed by atoms with Gasteiger partial charge >= 0.3 is 0 Å². The number of sulfonamides is 1. The SMILES string of the molecule is Cc1ccc(Cl)cc1NC=C1C(=O)c2sccc2N(Cc2ccccc2)S1(=O)=O. The maximum absolute atomic E-state index is 13.3. The van der Waals surface area contributed by atoms with Crippen molar-refractivity contribution in [2.45, 2.75) is 13.5 Å². The van der Waals surface area contributed by atoms with E-state index in [2.05, 4.69) is 5.32 Å². The third kappa shape index (κ3) is 3.69. The lowest BCUT2D eigenvalue weighted by molar-refractivity contribution is 0.104. The van der Waals surface area contributed by atoms with E-state index in [-0.39, 0.29) is 11.4 Å². The van der Waals surface area contributed by atoms with E-state index in [4.69, 9.17) is 11.6 Å². The molecule has 4 rings (SSSR count). The topological polar surface area (TPSA) is 66.5 Å². The molecule has 0 unspecified atom stereocenters. The Balaban J connectivity index is 1.77. The molecule has 0 saturated carbocycles. The molecule has 2 heterocycles. The third-order valence-corrected chi connectivity index (χ3v) is 7.54. The van der Waals surface area contributed by atoms with E-state index < -0.39 is 15.8 Å². The number of hydrogen-bond acceptors (Lipinski definition) is 5. The van der Waals surface area contributed by atoms with Gasteiger partial charge in [-0.25, -0.2) is 8.42 Å². The lowest BCUT2D eigenvalue weighted by Gasteiger charge is -2.29. The number of nitrogens with one attached hydrogen (secondary N) is 1. The van der Waals surface area contributed by atoms with Crippen LogP contribution in [0.1, 0.15) is 20.8 Å². The number of benzene rings is 2. The van der Waals surface area contributed by atoms with Gasteiger partial charge in [0.2, 0.25) is 5.78 Å². The number of thiophene rings is 1. The number of aryl methyl sites for hydroxylation is 1. The van der Waals surface area contributed by atoms with Gasteiger partial charge in [-0.3, -0.25) is 9.10 Å². The highest BCUT2D eigenvalue weighted by Crippen LogP contribution is 2.39. The van der Waals surface area contributed by atoms with E-state index in [0.717, 1.165) is 11.1 Å². The molecule has 0 atom stereocenters. The lowest BCUT2D eigenvalue weighted by Crippen LogP contribution is -2.38. The van der Waals surface area contributed by atoms with Crippen LogP contribution in [-0.4, -0.2) is 14.2 Å². The van der Waals surface area contributed by atoms with Gasteiger partial charge in [0.05, 0.1) is 12.2 Å². The van der Waals surface area contributed by atoms with Crippen molar-refractivity contribution in [3.63, 3.8) is 0 Å². The minimum atomic E-state index is -4.03. The largest absolute Gasteiger partial charge is 0.360 e. The van der Waals surface area contributed by atoms with Crippen molar-refractivity contribution in [2.24, 2.45) is 0 Å². The molecule has 1 aliphatic rings. The normalized spacial score (nSPS) is 16.7. The van der Waals surface area contributed by atoms with Crippen LogP contribution in [0.25, 0.3) is 0 Å². The Morgan fingerprint density at radius 3 is 2.66 bits per heavy atom. The van der Waals surface area contributed by atoms with Gasteiger partial charge in [0.25, 0.3) is 10.0 Å². The zero-order chi connectivity index (χ0) is 20.6. The summed E-state index contributed by atoms with van der Waals surface area (Å²) in [5, 5.41) is 5.19. The van der Waals surface area contributed by atoms with E-state index in [0.29, 0.717) is 21.3 Å². The van der Waals surface area contributed by atoms with Gasteiger partial charge in [-0.1, -0.05) is 48.0 Å². The lowest BCUT2D eigenvalue weighted by atomic mass is 10.2. The highest BCUT2D eigenvalue weighted by Gasteiger charge is 2.41. The predicted octanol–water partition coefficient (Wildman–Crippen LogP) is 5.20. The van der Waals surface area contributed by atoms with E-state index in [1.165, 1.54) is 21.8 Å². The van der Waals surface area contributed by atoms with Crippen LogP contribution < -0.4 is 9.62 Å². The summed E-state index contributed by atoms with van der Waals surface area (Å²) >= 11 is 7.27. The molecular weight excluding hydrogens is 428 g/mol. The van der Waals surface area contributed by atoms with Crippen LogP contribution in [0.15, 0.2) is 71.1 Å². The molecule has 148 valence electrons. The Labute approximate surface area is 178 Å². The molecule has 1 N–H and O–H groups in total. The Bertz CT molecular complexity index is 1220. The summed E-state index contributed by atoms with van der Waals surface area (Å²) in [4.78, 5) is 13.1. The molecule has 29 heavy (non-hydrogen) atoms. The standard InChI is InChI=1S/C21H17ClN2O3S2/c1-14-7-8-16(22)11-17(14)23-12-19-20(25)21-18(9-10-28-21)24(29(19,26)27)13-15-5-3-2-4-6-15/h2-12,23H,13H2,1H3. The van der Waals surface area contributed by atoms with Crippen molar-refractivity contribution >= 4 is 50.1 Å². The van der Waals surface area contributed by atoms with Crippen molar-refractivity contribution in [1.82, 2.24) is 0 Å². The monoisotopic (exact) mass is 444 g/mol. The molecule has 3 aromatic rings. The van der Waals surface area contributed by atoms with E-state index >= 15 is 0 Å². The number of carbonyl (C=O) groups excluding carboxylic acids is 1. The summed E-state index contributed by atoms with van der Waals surface area (Å²) in [6.07, 6.45) is 1.26. The van der Waals surface area contributed by atoms with Gasteiger partial charge in [-0.15, -0.1) is 11.3 Å². The van der Waals surface area contributed by atoms with Gasteiger partial charge in [0.15, 0.2) is 4.91 Å². The molecule has 0 spiro atoms. The predicted molar refractivity (Wildman–Crippen MR) is 118 cm³/mol. The molecule has 1 aliphatic heterocycles. The number of carbonyl (C=O) groups is 1. The van der Waals surface area contributed by atoms with Gasteiger partial charge in [-0.2, -0.15) is 0 Å². The molecule has 5 nitrogen and oxygen atoms in total. The van der Waals surface area contributed by atoms with Crippen LogP contribution in [0, 0.1) is 6.92 Å². The number of rotatable bonds is 4. The van der Waals surface area contributed by atoms with Crippen molar-refractivity contribution in [3.8, 4) is 0 Å². The number of ketones is 1. The van der Waals surface area contributed by atoms with Gasteiger partial charge in [0.1, 0.15) is 4.88 Å². The number of Topliss-reactive ketones (excluding diaryl/α,β-unsaturated/α-hetero) is 1. The molecule has 0 radical (unpaired) electrons. The van der Waals surface area contributed by atoms with Crippen LogP contribution >= 0.6 is 22.9 Å². The highest BCUT2D eigenvalue weighted by molar-refractivity contribution is 7.97. The highest BCUT2D eigenvalue weighted by atomic mass is 35.5. The Hall–Kier alpha value is -2.61. The van der Waals surface area contributed by atoms with E-state index in [9.17, 15) is 13.2 Å². The minimum absolute atomic E-state index is 0.147. The summed E-state index contributed by atoms with van der Waals surface area (Å²) in [5.41, 5.74) is 2.77. The van der Waals surface area contributed by atoms with Crippen LogP contribution in [0.5, 0.6) is 0 Å². The molecule has 0 fully saturated rings. The molecular formula is C21H17ClN2O3S2. The molecule has 0 amide bonds. The number of nitrogens with zero attached hydrogens (tertiary/aromatic N) is 1. The first kappa shape index (κ1) is 19.7. The van der Waals surface area contributed by atoms with Crippen LogP contribution in [0.2, 0.25) is 5.02 Å². The quantitative estimate of drug-likeness (QED) is 0.562. The number of allylic oxidation sites excluding steroid dienone is 1. The second-order valence-corrected chi connectivity index (χ2v) is 9.76. The fourth-order valence-electron chi connectivity index (χ4n) is 3.10. The van der Waals surface area contributed by atoms with Crippen molar-refractivity contribution in [2.75, 3.05) is 9.62 Å². The Morgan fingerprint density at radius 1 is 1.14 bits per heavy atom. The van der Waals surface area contributed by atoms with E-state index in [1.54, 1.807) is 23.6 Å². The second kappa shape index (κ2) is 7.67. The molecule has 0 bridgehead atoms. The molecule has 1 aromatic heterocycles. The maximum atomic E-state index is 13.3. The average Bonchev–Trinajstić information content (AvgIpc) is 3.18. The smallest absolute Gasteiger partial charge is 0.270 e. The summed E-state index contributed by atoms with van der Waals surface area (Å²) in [6, 6.07) is 16.2. The first-order valence-corrected chi connectivity index (χ1v) is 11.5. The van der Waals surface area contributed by atoms with Gasteiger partial charge in [-0.05, 0) is 41.6 Å². The summed E-state index contributed by atoms with van der Waals surface area (Å²) < 4.78 is 28.0. The first-order valence-electron chi connectivity index (χ1n) is 8.79. The van der Waals surface area contributed by atoms with Crippen molar-refractivity contribution < 1.29 is 13.2 Å². The second-order valence-electron chi connectivity index (χ2n) is 6.57. The fourth-order valence-corrected chi connectivity index (χ4v) is 5.75. The summed E-state index contributed by atoms with van der Waals surface area (Å²) in [5.74, 6) is -0.508. The zero-order valence-corrected chi connectivity index (χ0v) is 17.8. The number of hydrogen-bond donors (Lipinski definition) is 1. The molecule has 2 aromatic carbocycles. The third-order valence-electron chi connectivity index (χ3n) is 4.64. The van der Waals surface area contributed by atoms with Crippen LogP contribution in [0.4, 0.5) is 11.4 Å². The van der Waals surface area contributed by atoms with Gasteiger partial charge in [0, 0.05) is 16.9 Å². The summed E-state index contributed by atoms with van der Waals surface area (Å²) in [7, 11) is -4.03. The first-order chi connectivity index (χ1) is 13.9. The van der Waals surface area contributed by atoms with Crippen LogP contribution in [-0.2, 0) is 16.6 Å². The summed E-state index contributed by atoms with van der Waals surface area (Å²) in [6.45, 7) is 2.02. The average molecular weight is 445 g/mol. The number of halogens is 1. The number of anilines is 2. The molecule has 8 heteroatoms. The molecule has 0 aliphatic carbocycles. The Morgan fingerprint density at radius 2 is 1.90 bits per heavy atom. The minimum Gasteiger partial charge on any atom is -0.360 e. The van der Waals surface area contributed by atoms with Gasteiger partial charge < -0.3 is 5.32 Å². The van der Waals surface area contributed by atoms with E-state index in [1.807, 2.05) is 43.3 Å².